The Balaban J connectivity index is 1.33. The second-order valence-corrected chi connectivity index (χ2v) is 11.9. The normalized spacial score (nSPS) is 11.3. The number of rotatable bonds is 4. The van der Waals surface area contributed by atoms with Gasteiger partial charge in [-0.2, -0.15) is 10.5 Å². The first kappa shape index (κ1) is 27.4. The third kappa shape index (κ3) is 4.01. The molecule has 2 heterocycles. The molecule has 48 heavy (non-hydrogen) atoms. The summed E-state index contributed by atoms with van der Waals surface area (Å²) in [7, 11) is 0. The molecular weight excluding hydrogens is 585 g/mol. The van der Waals surface area contributed by atoms with Crippen molar-refractivity contribution in [3.05, 3.63) is 169 Å². The van der Waals surface area contributed by atoms with Crippen LogP contribution in [0, 0.1) is 22.7 Å². The van der Waals surface area contributed by atoms with Crippen molar-refractivity contribution >= 4 is 43.6 Å². The fourth-order valence-corrected chi connectivity index (χ4v) is 7.41. The van der Waals surface area contributed by atoms with Crippen LogP contribution in [0.2, 0.25) is 0 Å². The molecule has 0 spiro atoms. The van der Waals surface area contributed by atoms with E-state index in [2.05, 4.69) is 143 Å². The van der Waals surface area contributed by atoms with Crippen LogP contribution in [0.4, 0.5) is 0 Å². The maximum Gasteiger partial charge on any atom is 0.101 e. The third-order valence-corrected chi connectivity index (χ3v) is 9.43. The second-order valence-electron chi connectivity index (χ2n) is 11.9. The number of nitrogens with zero attached hydrogens (tertiary/aromatic N) is 4. The van der Waals surface area contributed by atoms with E-state index in [0.717, 1.165) is 66.5 Å². The Morgan fingerprint density at radius 1 is 0.417 bits per heavy atom. The van der Waals surface area contributed by atoms with E-state index in [1.54, 1.807) is 6.07 Å². The first-order chi connectivity index (χ1) is 23.8. The molecule has 9 aromatic rings. The summed E-state index contributed by atoms with van der Waals surface area (Å²) in [5, 5.41) is 25.5. The van der Waals surface area contributed by atoms with Crippen molar-refractivity contribution in [3.63, 3.8) is 0 Å². The third-order valence-electron chi connectivity index (χ3n) is 9.43. The Kier molecular flexibility index (Phi) is 6.22. The fraction of sp³-hybridized carbons (Fsp3) is 0. The molecule has 0 unspecified atom stereocenters. The van der Waals surface area contributed by atoms with Gasteiger partial charge in [0, 0.05) is 32.8 Å². The number of benzene rings is 7. The molecule has 0 bridgehead atoms. The van der Waals surface area contributed by atoms with Crippen molar-refractivity contribution in [2.24, 2.45) is 0 Å². The number of para-hydroxylation sites is 4. The molecule has 0 fully saturated rings. The molecule has 0 aliphatic rings. The standard InChI is InChI=1S/C44H26N4/c45-27-30-24-25-43(48-41-22-9-5-17-35(41)36-18-6-10-23-42(36)48)44(38(30)28-46)37-19-2-1-14-32(37)29-12-11-13-31(26-29)47-39-20-7-3-15-33(39)34-16-4-8-21-40(34)47/h1-26H. The summed E-state index contributed by atoms with van der Waals surface area (Å²) in [5.41, 5.74) is 10.6. The minimum atomic E-state index is 0.353. The number of fused-ring (bicyclic) bond motifs is 6. The zero-order chi connectivity index (χ0) is 32.2. The Morgan fingerprint density at radius 2 is 0.917 bits per heavy atom. The number of hydrogen-bond acceptors (Lipinski definition) is 2. The van der Waals surface area contributed by atoms with Crippen LogP contribution < -0.4 is 0 Å². The fourth-order valence-electron chi connectivity index (χ4n) is 7.41. The van der Waals surface area contributed by atoms with Crippen molar-refractivity contribution in [2.45, 2.75) is 0 Å². The zero-order valence-corrected chi connectivity index (χ0v) is 25.8. The molecule has 0 amide bonds. The highest BCUT2D eigenvalue weighted by Crippen LogP contribution is 2.42. The summed E-state index contributed by atoms with van der Waals surface area (Å²) in [4.78, 5) is 0. The van der Waals surface area contributed by atoms with Crippen LogP contribution in [0.25, 0.3) is 77.2 Å². The van der Waals surface area contributed by atoms with Crippen LogP contribution in [0.5, 0.6) is 0 Å². The lowest BCUT2D eigenvalue weighted by atomic mass is 9.88. The van der Waals surface area contributed by atoms with Gasteiger partial charge in [-0.05, 0) is 65.2 Å². The van der Waals surface area contributed by atoms with Gasteiger partial charge >= 0.3 is 0 Å². The molecule has 222 valence electrons. The minimum Gasteiger partial charge on any atom is -0.309 e. The van der Waals surface area contributed by atoms with Gasteiger partial charge in [0.25, 0.3) is 0 Å². The van der Waals surface area contributed by atoms with E-state index in [1.807, 2.05) is 30.3 Å². The summed E-state index contributed by atoms with van der Waals surface area (Å²) < 4.78 is 4.55. The van der Waals surface area contributed by atoms with Crippen LogP contribution in [-0.4, -0.2) is 9.13 Å². The van der Waals surface area contributed by atoms with Crippen molar-refractivity contribution in [3.8, 4) is 45.8 Å². The van der Waals surface area contributed by atoms with Gasteiger partial charge in [0.05, 0.1) is 38.9 Å². The predicted octanol–water partition coefficient (Wildman–Crippen LogP) is 11.0. The maximum absolute atomic E-state index is 10.7. The highest BCUT2D eigenvalue weighted by Gasteiger charge is 2.23. The molecule has 0 saturated carbocycles. The molecule has 0 aliphatic heterocycles. The molecule has 0 aliphatic carbocycles. The highest BCUT2D eigenvalue weighted by molar-refractivity contribution is 6.11. The Morgan fingerprint density at radius 3 is 1.46 bits per heavy atom. The average molecular weight is 611 g/mol. The summed E-state index contributed by atoms with van der Waals surface area (Å²) in [6.07, 6.45) is 0. The smallest absolute Gasteiger partial charge is 0.101 e. The Hall–Kier alpha value is -6.88. The molecule has 4 nitrogen and oxygen atoms in total. The molecule has 0 atom stereocenters. The number of hydrogen-bond donors (Lipinski definition) is 0. The topological polar surface area (TPSA) is 57.4 Å². The van der Waals surface area contributed by atoms with Gasteiger partial charge in [0.15, 0.2) is 0 Å². The van der Waals surface area contributed by atoms with Gasteiger partial charge in [-0.25, -0.2) is 0 Å². The summed E-state index contributed by atoms with van der Waals surface area (Å²) >= 11 is 0. The SMILES string of the molecule is N#Cc1ccc(-n2c3ccccc3c3ccccc32)c(-c2ccccc2-c2cccc(-n3c4ccccc4c4ccccc43)c2)c1C#N. The predicted molar refractivity (Wildman–Crippen MR) is 195 cm³/mol. The largest absolute Gasteiger partial charge is 0.309 e. The van der Waals surface area contributed by atoms with Crippen LogP contribution in [0.3, 0.4) is 0 Å². The lowest BCUT2D eigenvalue weighted by molar-refractivity contribution is 1.17. The van der Waals surface area contributed by atoms with Gasteiger partial charge in [0.1, 0.15) is 12.1 Å². The lowest BCUT2D eigenvalue weighted by Gasteiger charge is -2.19. The average Bonchev–Trinajstić information content (AvgIpc) is 3.67. The molecular formula is C44H26N4. The first-order valence-corrected chi connectivity index (χ1v) is 15.9. The molecule has 7 aromatic carbocycles. The van der Waals surface area contributed by atoms with Crippen LogP contribution in [0.15, 0.2) is 158 Å². The molecule has 0 saturated heterocycles. The first-order valence-electron chi connectivity index (χ1n) is 15.9. The van der Waals surface area contributed by atoms with Crippen LogP contribution >= 0.6 is 0 Å². The van der Waals surface area contributed by atoms with Crippen molar-refractivity contribution < 1.29 is 0 Å². The Labute approximate surface area is 277 Å². The Bertz CT molecular complexity index is 2710. The van der Waals surface area contributed by atoms with E-state index in [9.17, 15) is 10.5 Å². The highest BCUT2D eigenvalue weighted by atomic mass is 15.0. The van der Waals surface area contributed by atoms with Gasteiger partial charge in [-0.1, -0.05) is 109 Å². The second kappa shape index (κ2) is 10.9. The van der Waals surface area contributed by atoms with Crippen LogP contribution in [-0.2, 0) is 0 Å². The minimum absolute atomic E-state index is 0.353. The van der Waals surface area contributed by atoms with E-state index < -0.39 is 0 Å². The van der Waals surface area contributed by atoms with Crippen molar-refractivity contribution in [1.82, 2.24) is 9.13 Å². The molecule has 0 radical (unpaired) electrons. The van der Waals surface area contributed by atoms with Crippen molar-refractivity contribution in [1.29, 1.82) is 10.5 Å². The number of aromatic nitrogens is 2. The molecule has 0 N–H and O–H groups in total. The monoisotopic (exact) mass is 610 g/mol. The van der Waals surface area contributed by atoms with Gasteiger partial charge in [-0.3, -0.25) is 0 Å². The summed E-state index contributed by atoms with van der Waals surface area (Å²) in [6.45, 7) is 0. The molecule has 2 aromatic heterocycles. The number of nitriles is 2. The summed E-state index contributed by atoms with van der Waals surface area (Å²) in [5.74, 6) is 0. The maximum atomic E-state index is 10.7. The zero-order valence-electron chi connectivity index (χ0n) is 25.8. The van der Waals surface area contributed by atoms with E-state index >= 15 is 0 Å². The van der Waals surface area contributed by atoms with Gasteiger partial charge in [-0.15, -0.1) is 0 Å². The van der Waals surface area contributed by atoms with E-state index in [-0.39, 0.29) is 0 Å². The quantitative estimate of drug-likeness (QED) is 0.199. The summed E-state index contributed by atoms with van der Waals surface area (Å²) in [6, 6.07) is 59.0. The van der Waals surface area contributed by atoms with Gasteiger partial charge < -0.3 is 9.13 Å². The van der Waals surface area contributed by atoms with E-state index in [0.29, 0.717) is 11.1 Å². The van der Waals surface area contributed by atoms with E-state index in [1.165, 1.54) is 10.8 Å². The van der Waals surface area contributed by atoms with Crippen molar-refractivity contribution in [2.75, 3.05) is 0 Å². The van der Waals surface area contributed by atoms with Crippen LogP contribution in [0.1, 0.15) is 11.1 Å². The molecule has 9 rings (SSSR count). The van der Waals surface area contributed by atoms with E-state index in [4.69, 9.17) is 0 Å². The van der Waals surface area contributed by atoms with Gasteiger partial charge in [0.2, 0.25) is 0 Å². The molecule has 4 heteroatoms. The lowest BCUT2D eigenvalue weighted by Crippen LogP contribution is -2.02.